The number of likely N-dealkylation sites (tertiary alicyclic amines) is 1. The molecule has 0 spiro atoms. The Bertz CT molecular complexity index is 658. The lowest BCUT2D eigenvalue weighted by molar-refractivity contribution is -0.141. The van der Waals surface area contributed by atoms with Gasteiger partial charge in [0.05, 0.1) is 0 Å². The number of alkyl halides is 3. The molecule has 0 unspecified atom stereocenters. The summed E-state index contributed by atoms with van der Waals surface area (Å²) in [5.41, 5.74) is -0.215. The maximum absolute atomic E-state index is 12.5. The highest BCUT2D eigenvalue weighted by atomic mass is 19.4. The van der Waals surface area contributed by atoms with E-state index in [4.69, 9.17) is 0 Å². The quantitative estimate of drug-likeness (QED) is 0.943. The molecule has 1 aromatic heterocycles. The number of aromatic nitrogens is 1. The lowest BCUT2D eigenvalue weighted by Gasteiger charge is -2.24. The largest absolute Gasteiger partial charge is 0.433 e. The Morgan fingerprint density at radius 2 is 1.87 bits per heavy atom. The van der Waals surface area contributed by atoms with E-state index in [2.05, 4.69) is 4.98 Å². The first-order valence-electron chi connectivity index (χ1n) is 7.39. The smallest absolute Gasteiger partial charge is 0.384 e. The van der Waals surface area contributed by atoms with Crippen molar-refractivity contribution in [1.82, 2.24) is 9.88 Å². The summed E-state index contributed by atoms with van der Waals surface area (Å²) in [6.45, 7) is 1.62. The summed E-state index contributed by atoms with van der Waals surface area (Å²) in [6, 6.07) is 11.9. The molecule has 0 aliphatic carbocycles. The van der Waals surface area contributed by atoms with Crippen LogP contribution < -0.4 is 0 Å². The van der Waals surface area contributed by atoms with Crippen LogP contribution in [0.3, 0.4) is 0 Å². The Morgan fingerprint density at radius 3 is 2.48 bits per heavy atom. The Hall–Kier alpha value is -1.92. The molecule has 2 heterocycles. The van der Waals surface area contributed by atoms with E-state index < -0.39 is 17.5 Å². The minimum absolute atomic E-state index is 0.456. The number of β-amino-alcohol motifs (C(OH)–C–C–N with tert-alkyl or cyclic N) is 1. The minimum atomic E-state index is -4.42. The number of benzene rings is 1. The fraction of sp³-hybridized carbons (Fsp3) is 0.353. The molecule has 122 valence electrons. The monoisotopic (exact) mass is 322 g/mol. The second-order valence-electron chi connectivity index (χ2n) is 5.91. The van der Waals surface area contributed by atoms with Gasteiger partial charge in [0, 0.05) is 25.8 Å². The molecule has 3 rings (SSSR count). The molecule has 0 amide bonds. The van der Waals surface area contributed by atoms with Crippen molar-refractivity contribution in [3.8, 4) is 0 Å². The van der Waals surface area contributed by atoms with Gasteiger partial charge < -0.3 is 5.11 Å². The van der Waals surface area contributed by atoms with Crippen LogP contribution in [0.4, 0.5) is 13.2 Å². The fourth-order valence-corrected chi connectivity index (χ4v) is 2.93. The Kier molecular flexibility index (Phi) is 4.12. The van der Waals surface area contributed by atoms with Gasteiger partial charge in [-0.2, -0.15) is 13.2 Å². The standard InChI is InChI=1S/C17H17F3N2O/c18-17(19,20)15-7-6-13(10-21-15)11-22-9-8-16(23,12-22)14-4-2-1-3-5-14/h1-7,10,23H,8-9,11-12H2/t16-/m1/s1. The van der Waals surface area contributed by atoms with Crippen molar-refractivity contribution in [3.63, 3.8) is 0 Å². The number of pyridine rings is 1. The molecule has 1 saturated heterocycles. The molecular weight excluding hydrogens is 305 g/mol. The predicted molar refractivity (Wildman–Crippen MR) is 79.5 cm³/mol. The first-order valence-corrected chi connectivity index (χ1v) is 7.39. The van der Waals surface area contributed by atoms with Crippen LogP contribution in [0.2, 0.25) is 0 Å². The highest BCUT2D eigenvalue weighted by Crippen LogP contribution is 2.32. The summed E-state index contributed by atoms with van der Waals surface area (Å²) in [5.74, 6) is 0. The van der Waals surface area contributed by atoms with E-state index in [1.165, 1.54) is 12.3 Å². The zero-order valence-electron chi connectivity index (χ0n) is 12.4. The predicted octanol–water partition coefficient (Wildman–Crippen LogP) is 3.19. The van der Waals surface area contributed by atoms with Gasteiger partial charge in [0.2, 0.25) is 0 Å². The van der Waals surface area contributed by atoms with Gasteiger partial charge in [-0.1, -0.05) is 36.4 Å². The van der Waals surface area contributed by atoms with Crippen LogP contribution in [0.25, 0.3) is 0 Å². The van der Waals surface area contributed by atoms with Crippen molar-refractivity contribution in [3.05, 3.63) is 65.5 Å². The SMILES string of the molecule is O[C@]1(c2ccccc2)CCN(Cc2ccc(C(F)(F)F)nc2)C1. The van der Waals surface area contributed by atoms with Gasteiger partial charge in [0.25, 0.3) is 0 Å². The molecule has 1 aliphatic heterocycles. The van der Waals surface area contributed by atoms with Crippen molar-refractivity contribution in [2.75, 3.05) is 13.1 Å². The second kappa shape index (κ2) is 5.94. The second-order valence-corrected chi connectivity index (χ2v) is 5.91. The van der Waals surface area contributed by atoms with E-state index in [0.29, 0.717) is 31.6 Å². The topological polar surface area (TPSA) is 36.4 Å². The number of hydrogen-bond acceptors (Lipinski definition) is 3. The fourth-order valence-electron chi connectivity index (χ4n) is 2.93. The van der Waals surface area contributed by atoms with Crippen LogP contribution in [-0.2, 0) is 18.3 Å². The summed E-state index contributed by atoms with van der Waals surface area (Å²) in [6.07, 6.45) is -2.56. The summed E-state index contributed by atoms with van der Waals surface area (Å²) >= 11 is 0. The van der Waals surface area contributed by atoms with Crippen LogP contribution in [0.5, 0.6) is 0 Å². The molecule has 1 N–H and O–H groups in total. The van der Waals surface area contributed by atoms with Crippen molar-refractivity contribution in [2.45, 2.75) is 24.7 Å². The Labute approximate surface area is 132 Å². The van der Waals surface area contributed by atoms with E-state index in [9.17, 15) is 18.3 Å². The molecule has 1 atom stereocenters. The number of hydrogen-bond donors (Lipinski definition) is 1. The number of nitrogens with zero attached hydrogens (tertiary/aromatic N) is 2. The van der Waals surface area contributed by atoms with Crippen molar-refractivity contribution in [1.29, 1.82) is 0 Å². The number of rotatable bonds is 3. The molecule has 0 radical (unpaired) electrons. The molecule has 1 fully saturated rings. The lowest BCUT2D eigenvalue weighted by Crippen LogP contribution is -2.30. The Balaban J connectivity index is 1.66. The van der Waals surface area contributed by atoms with Crippen LogP contribution >= 0.6 is 0 Å². The Morgan fingerprint density at radius 1 is 1.13 bits per heavy atom. The third-order valence-corrected chi connectivity index (χ3v) is 4.16. The molecule has 3 nitrogen and oxygen atoms in total. The average Bonchev–Trinajstić information content (AvgIpc) is 2.90. The summed E-state index contributed by atoms with van der Waals surface area (Å²) in [7, 11) is 0. The molecule has 2 aromatic rings. The highest BCUT2D eigenvalue weighted by molar-refractivity contribution is 5.24. The average molecular weight is 322 g/mol. The molecule has 6 heteroatoms. The third-order valence-electron chi connectivity index (χ3n) is 4.16. The van der Waals surface area contributed by atoms with E-state index >= 15 is 0 Å². The van der Waals surface area contributed by atoms with Gasteiger partial charge in [0.1, 0.15) is 11.3 Å². The van der Waals surface area contributed by atoms with E-state index in [1.54, 1.807) is 0 Å². The molecule has 1 aliphatic rings. The lowest BCUT2D eigenvalue weighted by atomic mass is 9.93. The first kappa shape index (κ1) is 16.0. The van der Waals surface area contributed by atoms with Crippen molar-refractivity contribution >= 4 is 0 Å². The molecule has 0 saturated carbocycles. The van der Waals surface area contributed by atoms with Crippen molar-refractivity contribution in [2.24, 2.45) is 0 Å². The minimum Gasteiger partial charge on any atom is -0.384 e. The van der Waals surface area contributed by atoms with Gasteiger partial charge >= 0.3 is 6.18 Å². The molecular formula is C17H17F3N2O. The van der Waals surface area contributed by atoms with Crippen molar-refractivity contribution < 1.29 is 18.3 Å². The maximum Gasteiger partial charge on any atom is 0.433 e. The maximum atomic E-state index is 12.5. The number of aliphatic hydroxyl groups is 1. The zero-order valence-corrected chi connectivity index (χ0v) is 12.4. The van der Waals surface area contributed by atoms with Crippen LogP contribution in [0.15, 0.2) is 48.7 Å². The zero-order chi connectivity index (χ0) is 16.5. The van der Waals surface area contributed by atoms with Gasteiger partial charge in [-0.25, -0.2) is 0 Å². The molecule has 1 aromatic carbocycles. The van der Waals surface area contributed by atoms with Crippen LogP contribution in [0, 0.1) is 0 Å². The summed E-state index contributed by atoms with van der Waals surface area (Å²) < 4.78 is 37.5. The van der Waals surface area contributed by atoms with Crippen LogP contribution in [-0.4, -0.2) is 28.1 Å². The first-order chi connectivity index (χ1) is 10.9. The third kappa shape index (κ3) is 3.54. The van der Waals surface area contributed by atoms with E-state index in [-0.39, 0.29) is 0 Å². The van der Waals surface area contributed by atoms with Gasteiger partial charge in [0.15, 0.2) is 0 Å². The highest BCUT2D eigenvalue weighted by Gasteiger charge is 2.37. The summed E-state index contributed by atoms with van der Waals surface area (Å²) in [4.78, 5) is 5.50. The number of halogens is 3. The van der Waals surface area contributed by atoms with Crippen LogP contribution in [0.1, 0.15) is 23.2 Å². The normalized spacial score (nSPS) is 22.4. The van der Waals surface area contributed by atoms with Gasteiger partial charge in [-0.3, -0.25) is 9.88 Å². The summed E-state index contributed by atoms with van der Waals surface area (Å²) in [5, 5.41) is 10.8. The van der Waals surface area contributed by atoms with E-state index in [1.807, 2.05) is 35.2 Å². The van der Waals surface area contributed by atoms with Gasteiger partial charge in [-0.15, -0.1) is 0 Å². The van der Waals surface area contributed by atoms with Gasteiger partial charge in [-0.05, 0) is 23.6 Å². The van der Waals surface area contributed by atoms with E-state index in [0.717, 1.165) is 11.6 Å². The molecule has 0 bridgehead atoms. The molecule has 23 heavy (non-hydrogen) atoms.